The Balaban J connectivity index is 2.39. The molecule has 0 saturated carbocycles. The van der Waals surface area contributed by atoms with E-state index in [4.69, 9.17) is 9.26 Å². The molecule has 3 N–H and O–H groups in total. The molecule has 0 spiro atoms. The minimum atomic E-state index is -2.54. The second kappa shape index (κ2) is 9.88. The molecule has 152 valence electrons. The van der Waals surface area contributed by atoms with E-state index in [2.05, 4.69) is 19.9 Å². The fraction of sp³-hybridized carbons (Fsp3) is 0.619. The molecule has 2 rings (SSSR count). The van der Waals surface area contributed by atoms with E-state index in [1.165, 1.54) is 5.57 Å². The highest BCUT2D eigenvalue weighted by Gasteiger charge is 2.29. The van der Waals surface area contributed by atoms with E-state index in [1.54, 1.807) is 13.8 Å². The van der Waals surface area contributed by atoms with Crippen LogP contribution in [0.15, 0.2) is 23.8 Å². The largest absolute Gasteiger partial charge is 0.507 e. The van der Waals surface area contributed by atoms with Crippen molar-refractivity contribution in [2.75, 3.05) is 0 Å². The van der Waals surface area contributed by atoms with Gasteiger partial charge in [-0.1, -0.05) is 31.4 Å². The van der Waals surface area contributed by atoms with Crippen LogP contribution in [0.4, 0.5) is 0 Å². The van der Waals surface area contributed by atoms with Crippen LogP contribution in [0.25, 0.3) is 0 Å². The Bertz CT molecular complexity index is 654. The van der Waals surface area contributed by atoms with Crippen molar-refractivity contribution >= 4 is 8.60 Å². The number of benzene rings is 1. The third-order valence-electron chi connectivity index (χ3n) is 4.85. The Morgan fingerprint density at radius 3 is 2.59 bits per heavy atom. The number of aryl methyl sites for hydroxylation is 1. The fourth-order valence-corrected chi connectivity index (χ4v) is 4.10. The number of unbranched alkanes of at least 4 members (excludes halogenated alkanes) is 2. The summed E-state index contributed by atoms with van der Waals surface area (Å²) in [5, 5.41) is 10.8. The van der Waals surface area contributed by atoms with Gasteiger partial charge in [0.15, 0.2) is 0 Å². The molecule has 1 unspecified atom stereocenters. The predicted molar refractivity (Wildman–Crippen MR) is 109 cm³/mol. The standard InChI is InChI=1S/C21H33O5P/c1-5-6-7-10-16-13-18(22)20(17-11-8-9-15(2)12-17)19(14-16)25-21(3,4)26-27(23)24/h12-14,17,22-24H,5-11H2,1-4H3. The highest BCUT2D eigenvalue weighted by Crippen LogP contribution is 2.44. The maximum absolute atomic E-state index is 10.8. The van der Waals surface area contributed by atoms with Crippen LogP contribution in [-0.4, -0.2) is 20.7 Å². The average Bonchev–Trinajstić information content (AvgIpc) is 2.53. The van der Waals surface area contributed by atoms with Crippen LogP contribution in [0.1, 0.15) is 83.3 Å². The van der Waals surface area contributed by atoms with Crippen LogP contribution in [0.2, 0.25) is 0 Å². The van der Waals surface area contributed by atoms with Crippen molar-refractivity contribution < 1.29 is 24.2 Å². The van der Waals surface area contributed by atoms with E-state index in [9.17, 15) is 14.9 Å². The molecule has 0 heterocycles. The molecule has 1 aromatic carbocycles. The molecule has 1 atom stereocenters. The first-order valence-corrected chi connectivity index (χ1v) is 11.0. The summed E-state index contributed by atoms with van der Waals surface area (Å²) >= 11 is 0. The molecule has 1 aromatic rings. The van der Waals surface area contributed by atoms with E-state index in [-0.39, 0.29) is 11.7 Å². The van der Waals surface area contributed by atoms with Crippen LogP contribution in [0, 0.1) is 0 Å². The summed E-state index contributed by atoms with van der Waals surface area (Å²) in [6.07, 6.45) is 9.49. The molecule has 0 aromatic heterocycles. The zero-order valence-electron chi connectivity index (χ0n) is 16.9. The van der Waals surface area contributed by atoms with Crippen molar-refractivity contribution in [3.63, 3.8) is 0 Å². The third-order valence-corrected chi connectivity index (χ3v) is 5.45. The minimum absolute atomic E-state index is 0.0824. The quantitative estimate of drug-likeness (QED) is 0.217. The minimum Gasteiger partial charge on any atom is -0.507 e. The summed E-state index contributed by atoms with van der Waals surface area (Å²) in [5.41, 5.74) is 3.08. The topological polar surface area (TPSA) is 79.2 Å². The second-order valence-electron chi connectivity index (χ2n) is 7.84. The molecule has 27 heavy (non-hydrogen) atoms. The number of hydrogen-bond donors (Lipinski definition) is 3. The summed E-state index contributed by atoms with van der Waals surface area (Å²) in [5.74, 6) is -0.342. The Hall–Kier alpha value is -1.13. The average molecular weight is 396 g/mol. The fourth-order valence-electron chi connectivity index (χ4n) is 3.67. The molecule has 1 aliphatic carbocycles. The predicted octanol–water partition coefficient (Wildman–Crippen LogP) is 5.68. The molecule has 0 fully saturated rings. The Kier molecular flexibility index (Phi) is 8.11. The molecule has 0 amide bonds. The Morgan fingerprint density at radius 2 is 1.96 bits per heavy atom. The summed E-state index contributed by atoms with van der Waals surface area (Å²) in [6, 6.07) is 3.80. The summed E-state index contributed by atoms with van der Waals surface area (Å²) in [7, 11) is -2.54. The molecule has 6 heteroatoms. The lowest BCUT2D eigenvalue weighted by molar-refractivity contribution is -0.0875. The van der Waals surface area contributed by atoms with Crippen LogP contribution in [0.5, 0.6) is 11.5 Å². The highest BCUT2D eigenvalue weighted by atomic mass is 31.2. The van der Waals surface area contributed by atoms with Gasteiger partial charge in [0.2, 0.25) is 5.79 Å². The Morgan fingerprint density at radius 1 is 1.22 bits per heavy atom. The monoisotopic (exact) mass is 396 g/mol. The first-order valence-electron chi connectivity index (χ1n) is 9.81. The first kappa shape index (κ1) is 22.2. The molecule has 1 aliphatic rings. The van der Waals surface area contributed by atoms with Gasteiger partial charge in [-0.25, -0.2) is 0 Å². The SMILES string of the molecule is CCCCCc1cc(O)c(C2C=C(C)CCC2)c(OC(C)(C)OP(O)O)c1. The van der Waals surface area contributed by atoms with Gasteiger partial charge in [-0.3, -0.25) is 4.52 Å². The first-order chi connectivity index (χ1) is 12.7. The number of hydrogen-bond acceptors (Lipinski definition) is 5. The van der Waals surface area contributed by atoms with Crippen molar-refractivity contribution in [3.8, 4) is 11.5 Å². The lowest BCUT2D eigenvalue weighted by atomic mass is 9.84. The number of aromatic hydroxyl groups is 1. The molecule has 0 saturated heterocycles. The maximum Gasteiger partial charge on any atom is 0.330 e. The van der Waals surface area contributed by atoms with Gasteiger partial charge in [0, 0.05) is 25.3 Å². The van der Waals surface area contributed by atoms with Gasteiger partial charge in [0.25, 0.3) is 0 Å². The molecular weight excluding hydrogens is 363 g/mol. The molecule has 5 nitrogen and oxygen atoms in total. The Labute approximate surface area is 164 Å². The molecule has 0 radical (unpaired) electrons. The van der Waals surface area contributed by atoms with Crippen LogP contribution in [-0.2, 0) is 10.9 Å². The molecular formula is C21H33O5P. The third kappa shape index (κ3) is 6.76. The van der Waals surface area contributed by atoms with Crippen LogP contribution < -0.4 is 4.74 Å². The van der Waals surface area contributed by atoms with E-state index >= 15 is 0 Å². The van der Waals surface area contributed by atoms with E-state index < -0.39 is 14.4 Å². The van der Waals surface area contributed by atoms with E-state index in [0.29, 0.717) is 5.75 Å². The van der Waals surface area contributed by atoms with Crippen molar-refractivity contribution in [2.24, 2.45) is 0 Å². The van der Waals surface area contributed by atoms with Crippen molar-refractivity contribution in [1.29, 1.82) is 0 Å². The zero-order valence-corrected chi connectivity index (χ0v) is 17.8. The lowest BCUT2D eigenvalue weighted by Gasteiger charge is -2.30. The van der Waals surface area contributed by atoms with Crippen LogP contribution >= 0.6 is 8.60 Å². The van der Waals surface area contributed by atoms with Gasteiger partial charge in [0.05, 0.1) is 0 Å². The van der Waals surface area contributed by atoms with Gasteiger partial charge in [0.1, 0.15) is 11.5 Å². The van der Waals surface area contributed by atoms with Gasteiger partial charge < -0.3 is 19.6 Å². The van der Waals surface area contributed by atoms with Gasteiger partial charge in [-0.05, 0) is 56.7 Å². The zero-order chi connectivity index (χ0) is 20.0. The van der Waals surface area contributed by atoms with Crippen molar-refractivity contribution in [1.82, 2.24) is 0 Å². The normalized spacial score (nSPS) is 17.9. The van der Waals surface area contributed by atoms with Gasteiger partial charge in [-0.2, -0.15) is 0 Å². The number of allylic oxidation sites excluding steroid dienone is 2. The summed E-state index contributed by atoms with van der Waals surface area (Å²) in [6.45, 7) is 7.55. The summed E-state index contributed by atoms with van der Waals surface area (Å²) < 4.78 is 11.2. The van der Waals surface area contributed by atoms with Gasteiger partial charge in [-0.15, -0.1) is 0 Å². The second-order valence-corrected chi connectivity index (χ2v) is 8.53. The van der Waals surface area contributed by atoms with Crippen molar-refractivity contribution in [3.05, 3.63) is 34.9 Å². The number of phenolic OH excluding ortho intramolecular Hbond substituents is 1. The highest BCUT2D eigenvalue weighted by molar-refractivity contribution is 7.39. The number of ether oxygens (including phenoxy) is 1. The maximum atomic E-state index is 10.8. The van der Waals surface area contributed by atoms with Crippen LogP contribution in [0.3, 0.4) is 0 Å². The molecule has 0 aliphatic heterocycles. The molecule has 0 bridgehead atoms. The number of rotatable bonds is 9. The van der Waals surface area contributed by atoms with Crippen molar-refractivity contribution in [2.45, 2.75) is 84.3 Å². The smallest absolute Gasteiger partial charge is 0.330 e. The number of phenols is 1. The van der Waals surface area contributed by atoms with E-state index in [0.717, 1.165) is 56.1 Å². The van der Waals surface area contributed by atoms with E-state index in [1.807, 2.05) is 12.1 Å². The van der Waals surface area contributed by atoms with Gasteiger partial charge >= 0.3 is 8.60 Å². The lowest BCUT2D eigenvalue weighted by Crippen LogP contribution is -2.30. The summed E-state index contributed by atoms with van der Waals surface area (Å²) in [4.78, 5) is 18.5.